The van der Waals surface area contributed by atoms with Crippen LogP contribution in [0.25, 0.3) is 11.1 Å². The number of carbonyl (C=O) groups is 1. The number of carbonyl (C=O) groups excluding carboxylic acids is 1. The summed E-state index contributed by atoms with van der Waals surface area (Å²) in [6.45, 7) is 2.72. The molecule has 6 nitrogen and oxygen atoms in total. The summed E-state index contributed by atoms with van der Waals surface area (Å²) >= 11 is 1.81. The van der Waals surface area contributed by atoms with Crippen LogP contribution in [0.5, 0.6) is 0 Å². The maximum Gasteiger partial charge on any atom is 0.315 e. The van der Waals surface area contributed by atoms with E-state index in [4.69, 9.17) is 9.47 Å². The van der Waals surface area contributed by atoms with Crippen molar-refractivity contribution in [1.29, 1.82) is 0 Å². The first-order valence-electron chi connectivity index (χ1n) is 18.4. The van der Waals surface area contributed by atoms with Crippen molar-refractivity contribution >= 4 is 17.8 Å². The molecule has 260 valence electrons. The highest BCUT2D eigenvalue weighted by Crippen LogP contribution is 2.55. The molecule has 1 heterocycles. The maximum atomic E-state index is 13.1. The number of aliphatic hydroxyl groups is 1. The second-order valence-corrected chi connectivity index (χ2v) is 16.4. The summed E-state index contributed by atoms with van der Waals surface area (Å²) in [5, 5.41) is 16.2. The number of rotatable bonds is 10. The lowest BCUT2D eigenvalue weighted by Gasteiger charge is -2.56. The zero-order chi connectivity index (χ0) is 34.1. The summed E-state index contributed by atoms with van der Waals surface area (Å²) in [6.07, 6.45) is 6.88. The van der Waals surface area contributed by atoms with Gasteiger partial charge in [0, 0.05) is 34.2 Å². The van der Waals surface area contributed by atoms with Gasteiger partial charge < -0.3 is 25.2 Å². The van der Waals surface area contributed by atoms with Crippen LogP contribution in [-0.4, -0.2) is 28.5 Å². The monoisotopic (exact) mass is 688 g/mol. The topological polar surface area (TPSA) is 79.8 Å². The van der Waals surface area contributed by atoms with Crippen molar-refractivity contribution in [3.63, 3.8) is 0 Å². The highest BCUT2D eigenvalue weighted by atomic mass is 32.2. The van der Waals surface area contributed by atoms with Crippen molar-refractivity contribution in [3.8, 4) is 11.1 Å². The van der Waals surface area contributed by atoms with E-state index in [9.17, 15) is 9.90 Å². The Balaban J connectivity index is 0.934. The summed E-state index contributed by atoms with van der Waals surface area (Å²) in [5.74, 6) is 3.35. The molecule has 5 aliphatic rings. The second kappa shape index (κ2) is 14.5. The van der Waals surface area contributed by atoms with Crippen molar-refractivity contribution in [1.82, 2.24) is 10.6 Å². The first-order chi connectivity index (χ1) is 24.4. The van der Waals surface area contributed by atoms with Crippen LogP contribution < -0.4 is 10.6 Å². The van der Waals surface area contributed by atoms with Crippen LogP contribution in [0.15, 0.2) is 108 Å². The van der Waals surface area contributed by atoms with E-state index in [-0.39, 0.29) is 36.3 Å². The molecule has 4 aliphatic carbocycles. The Morgan fingerprint density at radius 3 is 2.14 bits per heavy atom. The standard InChI is InChI=1S/C43H48N2O4S/c1-28-39(27-50-38-8-3-2-4-9-38)48-41(49-40(28)35-12-10-29(26-46)11-13-35)36-16-14-34(15-17-36)37-7-5-6-30(21-37)25-44-42(47)45-43-22-31-18-32(23-43)20-33(19-31)24-43/h2-17,21,28,31-33,39-41,46H,18-20,22-27H2,1H3,(H2,44,45,47)/t28-,31?,32?,33?,39+,40+,41+,43?/m1/s1. The summed E-state index contributed by atoms with van der Waals surface area (Å²) in [5.41, 5.74) is 6.25. The van der Waals surface area contributed by atoms with Gasteiger partial charge in [0.1, 0.15) is 0 Å². The predicted molar refractivity (Wildman–Crippen MR) is 198 cm³/mol. The van der Waals surface area contributed by atoms with Gasteiger partial charge in [0.25, 0.3) is 0 Å². The SMILES string of the molecule is C[C@@H]1[C@H](CSc2ccccc2)O[C@H](c2ccc(-c3cccc(CNC(=O)NC45CC6CC(CC(C6)C4)C5)c3)cc2)O[C@@H]1c1ccc(CO)cc1. The third-order valence-corrected chi connectivity index (χ3v) is 12.7. The fourth-order valence-corrected chi connectivity index (χ4v) is 10.5. The third kappa shape index (κ3) is 7.38. The van der Waals surface area contributed by atoms with Crippen LogP contribution >= 0.6 is 11.8 Å². The number of benzene rings is 4. The maximum absolute atomic E-state index is 13.1. The Kier molecular flexibility index (Phi) is 9.75. The molecule has 0 aromatic heterocycles. The zero-order valence-corrected chi connectivity index (χ0v) is 29.6. The first-order valence-corrected chi connectivity index (χ1v) is 19.3. The van der Waals surface area contributed by atoms with Gasteiger partial charge in [-0.3, -0.25) is 0 Å². The van der Waals surface area contributed by atoms with Gasteiger partial charge >= 0.3 is 6.03 Å². The minimum absolute atomic E-state index is 0.0114. The molecular weight excluding hydrogens is 641 g/mol. The number of ether oxygens (including phenoxy) is 2. The molecule has 3 N–H and O–H groups in total. The molecule has 4 saturated carbocycles. The Morgan fingerprint density at radius 2 is 1.46 bits per heavy atom. The van der Waals surface area contributed by atoms with Crippen LogP contribution in [0.1, 0.15) is 80.1 Å². The lowest BCUT2D eigenvalue weighted by molar-refractivity contribution is -0.268. The van der Waals surface area contributed by atoms with Crippen molar-refractivity contribution in [2.45, 2.75) is 87.5 Å². The molecule has 5 fully saturated rings. The van der Waals surface area contributed by atoms with Crippen LogP contribution in [-0.2, 0) is 22.6 Å². The minimum atomic E-state index is -0.507. The van der Waals surface area contributed by atoms with Gasteiger partial charge in [-0.05, 0) is 102 Å². The number of thioether (sulfide) groups is 1. The summed E-state index contributed by atoms with van der Waals surface area (Å²) in [7, 11) is 0. The van der Waals surface area contributed by atoms with E-state index < -0.39 is 6.29 Å². The Bertz CT molecular complexity index is 1730. The van der Waals surface area contributed by atoms with Gasteiger partial charge in [0.15, 0.2) is 6.29 Å². The highest BCUT2D eigenvalue weighted by molar-refractivity contribution is 7.99. The summed E-state index contributed by atoms with van der Waals surface area (Å²) in [6, 6.07) is 35.4. The number of aliphatic hydroxyl groups excluding tert-OH is 1. The van der Waals surface area contributed by atoms with Gasteiger partial charge in [-0.25, -0.2) is 4.79 Å². The number of urea groups is 1. The van der Waals surface area contributed by atoms with Gasteiger partial charge in [-0.1, -0.05) is 91.9 Å². The molecule has 0 spiro atoms. The molecule has 9 rings (SSSR count). The van der Waals surface area contributed by atoms with E-state index in [0.717, 1.165) is 76.1 Å². The lowest BCUT2D eigenvalue weighted by atomic mass is 9.53. The summed E-state index contributed by atoms with van der Waals surface area (Å²) in [4.78, 5) is 14.3. The quantitative estimate of drug-likeness (QED) is 0.145. The lowest BCUT2D eigenvalue weighted by Crippen LogP contribution is -2.61. The van der Waals surface area contributed by atoms with Crippen molar-refractivity contribution in [2.24, 2.45) is 23.7 Å². The largest absolute Gasteiger partial charge is 0.392 e. The zero-order valence-electron chi connectivity index (χ0n) is 28.8. The van der Waals surface area contributed by atoms with E-state index in [1.165, 1.54) is 24.2 Å². The van der Waals surface area contributed by atoms with E-state index in [1.54, 1.807) is 0 Å². The molecule has 0 unspecified atom stereocenters. The van der Waals surface area contributed by atoms with Crippen LogP contribution in [0.3, 0.4) is 0 Å². The van der Waals surface area contributed by atoms with Crippen molar-refractivity contribution < 1.29 is 19.4 Å². The molecule has 0 radical (unpaired) electrons. The van der Waals surface area contributed by atoms with Gasteiger partial charge in [0.2, 0.25) is 0 Å². The molecule has 50 heavy (non-hydrogen) atoms. The average Bonchev–Trinajstić information content (AvgIpc) is 3.13. The second-order valence-electron chi connectivity index (χ2n) is 15.3. The van der Waals surface area contributed by atoms with Crippen LogP contribution in [0, 0.1) is 23.7 Å². The minimum Gasteiger partial charge on any atom is -0.392 e. The number of amides is 2. The van der Waals surface area contributed by atoms with Crippen LogP contribution in [0.2, 0.25) is 0 Å². The molecule has 4 aromatic rings. The Morgan fingerprint density at radius 1 is 0.780 bits per heavy atom. The fraction of sp³-hybridized carbons (Fsp3) is 0.419. The number of hydrogen-bond acceptors (Lipinski definition) is 5. The molecule has 4 atom stereocenters. The number of nitrogens with one attached hydrogen (secondary N) is 2. The Labute approximate surface area is 300 Å². The van der Waals surface area contributed by atoms with Crippen LogP contribution in [0.4, 0.5) is 4.79 Å². The normalized spacial score (nSPS) is 29.8. The Hall–Kier alpha value is -3.62. The van der Waals surface area contributed by atoms with E-state index >= 15 is 0 Å². The molecule has 2 amide bonds. The molecule has 4 bridgehead atoms. The van der Waals surface area contributed by atoms with Gasteiger partial charge in [-0.15, -0.1) is 11.8 Å². The van der Waals surface area contributed by atoms with E-state index in [1.807, 2.05) is 30.0 Å². The van der Waals surface area contributed by atoms with Crippen molar-refractivity contribution in [3.05, 3.63) is 125 Å². The van der Waals surface area contributed by atoms with E-state index in [2.05, 4.69) is 102 Å². The molecule has 1 aliphatic heterocycles. The van der Waals surface area contributed by atoms with Gasteiger partial charge in [0.05, 0.1) is 18.8 Å². The number of hydrogen-bond donors (Lipinski definition) is 3. The molecular formula is C43H48N2O4S. The predicted octanol–water partition coefficient (Wildman–Crippen LogP) is 9.20. The summed E-state index contributed by atoms with van der Waals surface area (Å²) < 4.78 is 13.4. The third-order valence-electron chi connectivity index (χ3n) is 11.6. The fourth-order valence-electron chi connectivity index (χ4n) is 9.43. The average molecular weight is 689 g/mol. The smallest absolute Gasteiger partial charge is 0.315 e. The highest BCUT2D eigenvalue weighted by Gasteiger charge is 2.51. The first kappa shape index (κ1) is 33.5. The molecule has 1 saturated heterocycles. The molecule has 4 aromatic carbocycles. The van der Waals surface area contributed by atoms with Gasteiger partial charge in [-0.2, -0.15) is 0 Å². The molecule has 7 heteroatoms. The van der Waals surface area contributed by atoms with Crippen molar-refractivity contribution in [2.75, 3.05) is 5.75 Å². The van der Waals surface area contributed by atoms with E-state index in [0.29, 0.717) is 6.54 Å².